The summed E-state index contributed by atoms with van der Waals surface area (Å²) in [6, 6.07) is -0.894. The number of carbonyl (C=O) groups is 2. The van der Waals surface area contributed by atoms with E-state index in [9.17, 15) is 23.1 Å². The Hall–Kier alpha value is -1.39. The number of carbonyl (C=O) groups excluding carboxylic acids is 1. The Morgan fingerprint density at radius 1 is 1.25 bits per heavy atom. The van der Waals surface area contributed by atoms with Crippen LogP contribution in [0.3, 0.4) is 0 Å². The molecule has 0 heterocycles. The third-order valence-electron chi connectivity index (χ3n) is 3.13. The molecule has 1 aliphatic carbocycles. The third kappa shape index (κ3) is 4.62. The molecule has 116 valence electrons. The van der Waals surface area contributed by atoms with Crippen LogP contribution in [0.5, 0.6) is 0 Å². The number of amides is 2. The van der Waals surface area contributed by atoms with E-state index in [0.717, 1.165) is 0 Å². The first-order chi connectivity index (χ1) is 9.12. The summed E-state index contributed by atoms with van der Waals surface area (Å²) in [5.41, 5.74) is 0. The predicted octanol–water partition coefficient (Wildman–Crippen LogP) is -1.29. The van der Waals surface area contributed by atoms with Crippen molar-refractivity contribution in [1.29, 1.82) is 0 Å². The van der Waals surface area contributed by atoms with Crippen molar-refractivity contribution in [2.45, 2.75) is 31.4 Å². The maximum Gasteiger partial charge on any atom is 0.419 e. The highest BCUT2D eigenvalue weighted by molar-refractivity contribution is 7.88. The zero-order valence-corrected chi connectivity index (χ0v) is 12.1. The van der Waals surface area contributed by atoms with Gasteiger partial charge in [0.15, 0.2) is 0 Å². The van der Waals surface area contributed by atoms with Crippen molar-refractivity contribution in [2.24, 2.45) is 5.92 Å². The Morgan fingerprint density at radius 2 is 1.85 bits per heavy atom. The molecule has 0 saturated heterocycles. The van der Waals surface area contributed by atoms with Crippen LogP contribution in [-0.2, 0) is 15.0 Å². The number of hydrogen-bond donors (Lipinski definition) is 4. The average molecular weight is 309 g/mol. The van der Waals surface area contributed by atoms with Gasteiger partial charge < -0.3 is 15.1 Å². The topological polar surface area (TPSA) is 136 Å². The molecule has 10 heteroatoms. The molecule has 1 saturated carbocycles. The van der Waals surface area contributed by atoms with Crippen molar-refractivity contribution >= 4 is 22.2 Å². The summed E-state index contributed by atoms with van der Waals surface area (Å²) in [5.74, 6) is -0.543. The average Bonchev–Trinajstić information content (AvgIpc) is 2.28. The van der Waals surface area contributed by atoms with E-state index in [1.54, 1.807) is 14.1 Å². The molecule has 2 amide bonds. The largest absolute Gasteiger partial charge is 0.464 e. The summed E-state index contributed by atoms with van der Waals surface area (Å²) in [4.78, 5) is 23.6. The summed E-state index contributed by atoms with van der Waals surface area (Å²) in [5, 5.41) is 18.2. The van der Waals surface area contributed by atoms with Gasteiger partial charge in [-0.05, 0) is 19.3 Å². The molecule has 0 bridgehead atoms. The van der Waals surface area contributed by atoms with Gasteiger partial charge in [-0.25, -0.2) is 9.52 Å². The van der Waals surface area contributed by atoms with E-state index in [2.05, 4.69) is 4.72 Å². The lowest BCUT2D eigenvalue weighted by atomic mass is 9.83. The number of nitrogens with one attached hydrogen (secondary N) is 2. The second kappa shape index (κ2) is 6.37. The van der Waals surface area contributed by atoms with E-state index in [1.165, 1.54) is 9.62 Å². The first-order valence-corrected chi connectivity index (χ1v) is 7.53. The predicted molar refractivity (Wildman–Crippen MR) is 69.0 cm³/mol. The summed E-state index contributed by atoms with van der Waals surface area (Å²) < 4.78 is 26.3. The number of hydrogen-bond acceptors (Lipinski definition) is 5. The molecule has 1 aliphatic rings. The van der Waals surface area contributed by atoms with Crippen LogP contribution in [0.25, 0.3) is 0 Å². The lowest BCUT2D eigenvalue weighted by Gasteiger charge is -2.33. The molecular weight excluding hydrogens is 290 g/mol. The number of aliphatic hydroxyl groups excluding tert-OH is 1. The summed E-state index contributed by atoms with van der Waals surface area (Å²) >= 11 is 0. The molecule has 0 aromatic rings. The number of rotatable bonds is 4. The third-order valence-corrected chi connectivity index (χ3v) is 4.19. The minimum absolute atomic E-state index is 0.124. The monoisotopic (exact) mass is 309 g/mol. The van der Waals surface area contributed by atoms with Gasteiger partial charge in [-0.15, -0.1) is 0 Å². The van der Waals surface area contributed by atoms with Crippen LogP contribution in [-0.4, -0.2) is 61.8 Å². The Morgan fingerprint density at radius 3 is 2.35 bits per heavy atom. The van der Waals surface area contributed by atoms with E-state index in [-0.39, 0.29) is 18.7 Å². The highest BCUT2D eigenvalue weighted by Crippen LogP contribution is 2.26. The van der Waals surface area contributed by atoms with Gasteiger partial charge in [0, 0.05) is 20.0 Å². The van der Waals surface area contributed by atoms with E-state index >= 15 is 0 Å². The minimum Gasteiger partial charge on any atom is -0.464 e. The standard InChI is InChI=1S/C10H19N3O6S/c1-13(2)9(15)6-3-4-8(14)7(5-6)11-20(18,19)12-10(16)17/h6-8,11-12,14H,3-5H2,1-2H3,(H,16,17)/t6-,7+,8+/m0/s1. The van der Waals surface area contributed by atoms with Crippen molar-refractivity contribution in [3.63, 3.8) is 0 Å². The SMILES string of the molecule is CN(C)C(=O)[C@H]1CC[C@@H](O)[C@H](NS(=O)(=O)NC(=O)O)C1. The fourth-order valence-corrected chi connectivity index (χ4v) is 3.16. The van der Waals surface area contributed by atoms with E-state index in [0.29, 0.717) is 6.42 Å². The van der Waals surface area contributed by atoms with E-state index in [4.69, 9.17) is 5.11 Å². The van der Waals surface area contributed by atoms with Crippen LogP contribution in [0.4, 0.5) is 4.79 Å². The van der Waals surface area contributed by atoms with Crippen molar-refractivity contribution < 1.29 is 28.2 Å². The smallest absolute Gasteiger partial charge is 0.419 e. The van der Waals surface area contributed by atoms with Crippen LogP contribution in [0.15, 0.2) is 0 Å². The molecular formula is C10H19N3O6S. The second-order valence-corrected chi connectivity index (χ2v) is 6.39. The Balaban J connectivity index is 2.73. The highest BCUT2D eigenvalue weighted by atomic mass is 32.2. The maximum absolute atomic E-state index is 11.9. The summed E-state index contributed by atoms with van der Waals surface area (Å²) in [6.07, 6.45) is -1.82. The van der Waals surface area contributed by atoms with E-state index < -0.39 is 34.4 Å². The van der Waals surface area contributed by atoms with Crippen LogP contribution >= 0.6 is 0 Å². The molecule has 0 radical (unpaired) electrons. The Bertz CT molecular complexity index is 477. The first kappa shape index (κ1) is 16.7. The number of aliphatic hydroxyl groups is 1. The molecule has 0 aromatic carbocycles. The maximum atomic E-state index is 11.9. The van der Waals surface area contributed by atoms with Gasteiger partial charge in [0.1, 0.15) is 0 Å². The Kier molecular flexibility index (Phi) is 5.31. The van der Waals surface area contributed by atoms with Crippen molar-refractivity contribution in [3.05, 3.63) is 0 Å². The minimum atomic E-state index is -4.27. The molecule has 0 unspecified atom stereocenters. The Labute approximate surface area is 117 Å². The van der Waals surface area contributed by atoms with Gasteiger partial charge in [-0.3, -0.25) is 4.79 Å². The molecule has 0 aromatic heterocycles. The normalized spacial score (nSPS) is 26.9. The van der Waals surface area contributed by atoms with Crippen LogP contribution in [0.1, 0.15) is 19.3 Å². The number of nitrogens with zero attached hydrogens (tertiary/aromatic N) is 1. The van der Waals surface area contributed by atoms with Crippen molar-refractivity contribution in [1.82, 2.24) is 14.3 Å². The van der Waals surface area contributed by atoms with Crippen LogP contribution in [0.2, 0.25) is 0 Å². The highest BCUT2D eigenvalue weighted by Gasteiger charge is 2.35. The van der Waals surface area contributed by atoms with Gasteiger partial charge in [0.25, 0.3) is 0 Å². The van der Waals surface area contributed by atoms with Gasteiger partial charge in [-0.2, -0.15) is 13.1 Å². The molecule has 0 aliphatic heterocycles. The van der Waals surface area contributed by atoms with Gasteiger partial charge in [-0.1, -0.05) is 0 Å². The summed E-state index contributed by atoms with van der Waals surface area (Å²) in [6.45, 7) is 0. The second-order valence-electron chi connectivity index (χ2n) is 4.94. The van der Waals surface area contributed by atoms with Crippen molar-refractivity contribution in [2.75, 3.05) is 14.1 Å². The summed E-state index contributed by atoms with van der Waals surface area (Å²) in [7, 11) is -1.08. The number of carboxylic acid groups (broad SMARTS) is 1. The van der Waals surface area contributed by atoms with Gasteiger partial charge in [0.2, 0.25) is 5.91 Å². The van der Waals surface area contributed by atoms with Crippen LogP contribution in [0, 0.1) is 5.92 Å². The van der Waals surface area contributed by atoms with Gasteiger partial charge in [0.05, 0.1) is 12.1 Å². The first-order valence-electron chi connectivity index (χ1n) is 6.04. The zero-order valence-electron chi connectivity index (χ0n) is 11.2. The van der Waals surface area contributed by atoms with Crippen LogP contribution < -0.4 is 9.44 Å². The molecule has 20 heavy (non-hydrogen) atoms. The fraction of sp³-hybridized carbons (Fsp3) is 0.800. The molecule has 9 nitrogen and oxygen atoms in total. The quantitative estimate of drug-likeness (QED) is 0.510. The van der Waals surface area contributed by atoms with Gasteiger partial charge >= 0.3 is 16.3 Å². The molecule has 0 spiro atoms. The lowest BCUT2D eigenvalue weighted by molar-refractivity contribution is -0.135. The van der Waals surface area contributed by atoms with Crippen molar-refractivity contribution in [3.8, 4) is 0 Å². The molecule has 1 rings (SSSR count). The molecule has 4 N–H and O–H groups in total. The van der Waals surface area contributed by atoms with E-state index in [1.807, 2.05) is 0 Å². The zero-order chi connectivity index (χ0) is 15.5. The fourth-order valence-electron chi connectivity index (χ4n) is 2.21. The molecule has 1 fully saturated rings. The lowest BCUT2D eigenvalue weighted by Crippen LogP contribution is -2.52. The molecule has 3 atom stereocenters.